The van der Waals surface area contributed by atoms with E-state index in [1.165, 1.54) is 0 Å². The Balaban J connectivity index is 1.17. The van der Waals surface area contributed by atoms with E-state index < -0.39 is 0 Å². The van der Waals surface area contributed by atoms with Gasteiger partial charge >= 0.3 is 0 Å². The topological polar surface area (TPSA) is 44.2 Å². The highest BCUT2D eigenvalue weighted by Crippen LogP contribution is 2.37. The third kappa shape index (κ3) is 4.40. The van der Waals surface area contributed by atoms with Gasteiger partial charge in [-0.2, -0.15) is 0 Å². The van der Waals surface area contributed by atoms with Crippen LogP contribution in [0.2, 0.25) is 0 Å². The third-order valence-corrected chi connectivity index (χ3v) is 8.78. The van der Waals surface area contributed by atoms with E-state index in [0.29, 0.717) is 0 Å². The average Bonchev–Trinajstić information content (AvgIpc) is 3.12. The first-order valence-electron chi connectivity index (χ1n) is 15.1. The van der Waals surface area contributed by atoms with Gasteiger partial charge < -0.3 is 9.47 Å². The summed E-state index contributed by atoms with van der Waals surface area (Å²) in [6, 6.07) is 44.5. The van der Waals surface area contributed by atoms with E-state index in [-0.39, 0.29) is 6.71 Å². The molecule has 0 radical (unpaired) electrons. The molecule has 45 heavy (non-hydrogen) atoms. The molecular weight excluding hydrogens is 551 g/mol. The molecule has 0 saturated heterocycles. The molecule has 7 aromatic rings. The molecule has 0 aliphatic carbocycles. The molecule has 0 N–H and O–H groups in total. The van der Waals surface area contributed by atoms with Crippen molar-refractivity contribution < 1.29 is 9.47 Å². The number of aromatic nitrogens is 2. The standard InChI is InChI=1S/C40H25BN2O2/c1-6-26(20-28(8-1)32-10-4-18-42-24-32)30-14-16-36-34(22-30)41-35-23-31(27-7-2-9-29(21-27)33-11-5-19-43-25-33)15-17-37(35)45-39-13-3-12-38(44-36)40(39)41/h1-25H. The summed E-state index contributed by atoms with van der Waals surface area (Å²) in [6.45, 7) is -0.0355. The van der Waals surface area contributed by atoms with Crippen molar-refractivity contribution in [3.8, 4) is 67.5 Å². The highest BCUT2D eigenvalue weighted by atomic mass is 16.5. The third-order valence-electron chi connectivity index (χ3n) is 8.78. The monoisotopic (exact) mass is 576 g/mol. The molecule has 0 bridgehead atoms. The van der Waals surface area contributed by atoms with Gasteiger partial charge in [0.1, 0.15) is 23.0 Å². The van der Waals surface area contributed by atoms with Crippen molar-refractivity contribution >= 4 is 23.1 Å². The summed E-state index contributed by atoms with van der Waals surface area (Å²) < 4.78 is 13.0. The van der Waals surface area contributed by atoms with Gasteiger partial charge in [-0.15, -0.1) is 0 Å². The zero-order valence-corrected chi connectivity index (χ0v) is 24.2. The molecule has 9 rings (SSSR count). The maximum Gasteiger partial charge on any atom is 0.260 e. The smallest absolute Gasteiger partial charge is 0.260 e. The molecule has 0 fully saturated rings. The van der Waals surface area contributed by atoms with Gasteiger partial charge in [-0.3, -0.25) is 9.97 Å². The first kappa shape index (κ1) is 25.6. The quantitative estimate of drug-likeness (QED) is 0.200. The van der Waals surface area contributed by atoms with Crippen LogP contribution >= 0.6 is 0 Å². The molecule has 0 saturated carbocycles. The summed E-state index contributed by atoms with van der Waals surface area (Å²) in [6.07, 6.45) is 7.41. The Morgan fingerprint density at radius 3 is 1.27 bits per heavy atom. The summed E-state index contributed by atoms with van der Waals surface area (Å²) in [5.74, 6) is 3.42. The van der Waals surface area contributed by atoms with Crippen LogP contribution in [0.3, 0.4) is 0 Å². The Morgan fingerprint density at radius 2 is 0.800 bits per heavy atom. The number of nitrogens with zero attached hydrogens (tertiary/aromatic N) is 2. The fourth-order valence-corrected chi connectivity index (χ4v) is 6.62. The van der Waals surface area contributed by atoms with E-state index >= 15 is 0 Å². The number of hydrogen-bond acceptors (Lipinski definition) is 4. The van der Waals surface area contributed by atoms with Crippen molar-refractivity contribution in [2.45, 2.75) is 0 Å². The van der Waals surface area contributed by atoms with Crippen molar-refractivity contribution in [3.63, 3.8) is 0 Å². The van der Waals surface area contributed by atoms with Crippen molar-refractivity contribution in [3.05, 3.63) is 152 Å². The maximum atomic E-state index is 6.51. The van der Waals surface area contributed by atoms with Gasteiger partial charge in [0.15, 0.2) is 0 Å². The Labute approximate surface area is 261 Å². The lowest BCUT2D eigenvalue weighted by Crippen LogP contribution is -2.57. The van der Waals surface area contributed by atoms with E-state index in [2.05, 4.69) is 107 Å². The van der Waals surface area contributed by atoms with Crippen molar-refractivity contribution in [2.75, 3.05) is 0 Å². The Kier molecular flexibility index (Phi) is 5.88. The number of benzene rings is 5. The first-order valence-corrected chi connectivity index (χ1v) is 15.1. The lowest BCUT2D eigenvalue weighted by Gasteiger charge is -2.33. The van der Waals surface area contributed by atoms with Crippen LogP contribution in [0.15, 0.2) is 152 Å². The van der Waals surface area contributed by atoms with Gasteiger partial charge in [-0.05, 0) is 92.8 Å². The summed E-state index contributed by atoms with van der Waals surface area (Å²) >= 11 is 0. The molecule has 0 spiro atoms. The van der Waals surface area contributed by atoms with Gasteiger partial charge in [0.2, 0.25) is 0 Å². The molecule has 2 aromatic heterocycles. The minimum atomic E-state index is -0.0355. The van der Waals surface area contributed by atoms with E-state index in [1.54, 1.807) is 12.4 Å². The average molecular weight is 576 g/mol. The molecule has 0 unspecified atom stereocenters. The molecule has 5 aromatic carbocycles. The zero-order chi connectivity index (χ0) is 29.7. The molecule has 0 amide bonds. The molecule has 4 nitrogen and oxygen atoms in total. The number of rotatable bonds is 4. The minimum absolute atomic E-state index is 0.0355. The van der Waals surface area contributed by atoms with Crippen molar-refractivity contribution in [1.82, 2.24) is 9.97 Å². The maximum absolute atomic E-state index is 6.51. The van der Waals surface area contributed by atoms with Crippen LogP contribution in [0.4, 0.5) is 0 Å². The summed E-state index contributed by atoms with van der Waals surface area (Å²) in [7, 11) is 0. The Morgan fingerprint density at radius 1 is 0.378 bits per heavy atom. The van der Waals surface area contributed by atoms with Crippen molar-refractivity contribution in [2.24, 2.45) is 0 Å². The predicted octanol–water partition coefficient (Wildman–Crippen LogP) is 7.87. The summed E-state index contributed by atoms with van der Waals surface area (Å²) in [5.41, 5.74) is 12.4. The molecular formula is C40H25BN2O2. The second-order valence-corrected chi connectivity index (χ2v) is 11.5. The molecule has 2 aliphatic rings. The van der Waals surface area contributed by atoms with Crippen LogP contribution < -0.4 is 25.9 Å². The number of fused-ring (bicyclic) bond motifs is 4. The van der Waals surface area contributed by atoms with Gasteiger partial charge in [0, 0.05) is 41.4 Å². The van der Waals surface area contributed by atoms with E-state index in [9.17, 15) is 0 Å². The van der Waals surface area contributed by atoms with Crippen LogP contribution in [0.5, 0.6) is 23.0 Å². The van der Waals surface area contributed by atoms with Gasteiger partial charge in [-0.25, -0.2) is 0 Å². The first-order chi connectivity index (χ1) is 22.3. The summed E-state index contributed by atoms with van der Waals surface area (Å²) in [4.78, 5) is 8.63. The fraction of sp³-hybridized carbons (Fsp3) is 0. The largest absolute Gasteiger partial charge is 0.458 e. The minimum Gasteiger partial charge on any atom is -0.458 e. The number of ether oxygens (including phenoxy) is 2. The number of hydrogen-bond donors (Lipinski definition) is 0. The molecule has 5 heteroatoms. The second-order valence-electron chi connectivity index (χ2n) is 11.5. The predicted molar refractivity (Wildman–Crippen MR) is 181 cm³/mol. The fourth-order valence-electron chi connectivity index (χ4n) is 6.62. The second kappa shape index (κ2) is 10.4. The van der Waals surface area contributed by atoms with Crippen molar-refractivity contribution in [1.29, 1.82) is 0 Å². The highest BCUT2D eigenvalue weighted by Gasteiger charge is 2.40. The Bertz CT molecular complexity index is 2080. The van der Waals surface area contributed by atoms with Crippen LogP contribution in [0.25, 0.3) is 44.5 Å². The SMILES string of the molecule is c1cncc(-c2cccc(-c3ccc4c(c3)B3c5cc(-c6cccc(-c7cccnc7)c6)ccc5Oc5cccc(c53)O4)c2)c1. The van der Waals surface area contributed by atoms with E-state index in [1.807, 2.05) is 42.7 Å². The Hall–Kier alpha value is -5.94. The molecule has 210 valence electrons. The molecule has 4 heterocycles. The lowest BCUT2D eigenvalue weighted by molar-refractivity contribution is 0.464. The lowest BCUT2D eigenvalue weighted by atomic mass is 9.34. The van der Waals surface area contributed by atoms with Gasteiger partial charge in [0.25, 0.3) is 6.71 Å². The summed E-state index contributed by atoms with van der Waals surface area (Å²) in [5, 5.41) is 0. The van der Waals surface area contributed by atoms with Crippen LogP contribution in [0, 0.1) is 0 Å². The molecule has 2 aliphatic heterocycles. The van der Waals surface area contributed by atoms with Crippen LogP contribution in [0.1, 0.15) is 0 Å². The van der Waals surface area contributed by atoms with Gasteiger partial charge in [-0.1, -0.05) is 78.9 Å². The number of pyridine rings is 2. The normalized spacial score (nSPS) is 12.3. The van der Waals surface area contributed by atoms with Crippen LogP contribution in [-0.4, -0.2) is 16.7 Å². The molecule has 0 atom stereocenters. The van der Waals surface area contributed by atoms with E-state index in [0.717, 1.165) is 83.9 Å². The van der Waals surface area contributed by atoms with E-state index in [4.69, 9.17) is 9.47 Å². The zero-order valence-electron chi connectivity index (χ0n) is 24.2. The van der Waals surface area contributed by atoms with Gasteiger partial charge in [0.05, 0.1) is 0 Å². The highest BCUT2D eigenvalue weighted by molar-refractivity contribution is 6.98. The van der Waals surface area contributed by atoms with Crippen LogP contribution in [-0.2, 0) is 0 Å².